The molecule has 0 unspecified atom stereocenters. The van der Waals surface area contributed by atoms with E-state index in [4.69, 9.17) is 19.3 Å². The van der Waals surface area contributed by atoms with Crippen LogP contribution in [0.1, 0.15) is 0 Å². The van der Waals surface area contributed by atoms with Gasteiger partial charge in [-0.25, -0.2) is 0 Å². The molecule has 2 aliphatic rings. The number of aliphatic hydroxyl groups excluding tert-OH is 3. The second-order valence-corrected chi connectivity index (χ2v) is 3.42. The summed E-state index contributed by atoms with van der Waals surface area (Å²) < 4.78 is 15.5. The summed E-state index contributed by atoms with van der Waals surface area (Å²) in [4.78, 5) is 0. The van der Waals surface area contributed by atoms with E-state index in [1.807, 2.05) is 0 Å². The number of ether oxygens (including phenoxy) is 3. The molecule has 5 atom stereocenters. The summed E-state index contributed by atoms with van der Waals surface area (Å²) in [6, 6.07) is 0. The Morgan fingerprint density at radius 1 is 1.29 bits per heavy atom. The lowest BCUT2D eigenvalue weighted by Crippen LogP contribution is -2.55. The molecule has 0 spiro atoms. The smallest absolute Gasteiger partial charge is 0.186 e. The molecule has 2 heterocycles. The Hall–Kier alpha value is -0.240. The molecule has 2 saturated heterocycles. The van der Waals surface area contributed by atoms with Crippen LogP contribution in [0.4, 0.5) is 0 Å². The van der Waals surface area contributed by atoms with Gasteiger partial charge in [0.25, 0.3) is 0 Å². The zero-order chi connectivity index (χ0) is 10.1. The first-order chi connectivity index (χ1) is 6.74. The lowest BCUT2D eigenvalue weighted by atomic mass is 10.0. The molecule has 2 fully saturated rings. The van der Waals surface area contributed by atoms with E-state index in [-0.39, 0.29) is 19.3 Å². The van der Waals surface area contributed by atoms with Crippen molar-refractivity contribution < 1.29 is 29.5 Å². The van der Waals surface area contributed by atoms with Crippen LogP contribution in [0, 0.1) is 0 Å². The van der Waals surface area contributed by atoms with Crippen molar-refractivity contribution >= 4 is 0 Å². The third-order valence-electron chi connectivity index (χ3n) is 2.47. The second kappa shape index (κ2) is 4.09. The molecule has 0 saturated carbocycles. The van der Waals surface area contributed by atoms with Crippen molar-refractivity contribution in [3.05, 3.63) is 0 Å². The third-order valence-corrected chi connectivity index (χ3v) is 2.47. The molecule has 6 nitrogen and oxygen atoms in total. The maximum absolute atomic E-state index is 9.63. The Morgan fingerprint density at radius 2 is 2.07 bits per heavy atom. The van der Waals surface area contributed by atoms with Crippen molar-refractivity contribution in [2.75, 3.05) is 19.8 Å². The monoisotopic (exact) mass is 206 g/mol. The summed E-state index contributed by atoms with van der Waals surface area (Å²) in [5.41, 5.74) is 0. The molecule has 2 bridgehead atoms. The molecular formula is C8H14O6. The minimum atomic E-state index is -1.09. The van der Waals surface area contributed by atoms with Crippen LogP contribution in [0.2, 0.25) is 0 Å². The SMILES string of the molecule is OCCO[C@H]1[C@H](O)[C@@H](O)[C@@H]2OC[C@H]1O2. The summed E-state index contributed by atoms with van der Waals surface area (Å²) in [7, 11) is 0. The highest BCUT2D eigenvalue weighted by Crippen LogP contribution is 2.29. The topological polar surface area (TPSA) is 88.4 Å². The van der Waals surface area contributed by atoms with E-state index in [2.05, 4.69) is 0 Å². The Balaban J connectivity index is 1.99. The Bertz CT molecular complexity index is 198. The van der Waals surface area contributed by atoms with Crippen molar-refractivity contribution in [2.24, 2.45) is 0 Å². The lowest BCUT2D eigenvalue weighted by Gasteiger charge is -2.35. The summed E-state index contributed by atoms with van der Waals surface area (Å²) in [5.74, 6) is 0. The molecule has 82 valence electrons. The van der Waals surface area contributed by atoms with Gasteiger partial charge in [-0.1, -0.05) is 0 Å². The fourth-order valence-electron chi connectivity index (χ4n) is 1.76. The molecule has 14 heavy (non-hydrogen) atoms. The first-order valence-electron chi connectivity index (χ1n) is 4.59. The van der Waals surface area contributed by atoms with Crippen LogP contribution in [0.5, 0.6) is 0 Å². The van der Waals surface area contributed by atoms with Gasteiger partial charge in [-0.05, 0) is 0 Å². The Labute approximate surface area is 81.0 Å². The maximum atomic E-state index is 9.63. The van der Waals surface area contributed by atoms with E-state index in [0.29, 0.717) is 6.61 Å². The average molecular weight is 206 g/mol. The molecule has 0 amide bonds. The van der Waals surface area contributed by atoms with Crippen LogP contribution in [-0.4, -0.2) is 65.8 Å². The van der Waals surface area contributed by atoms with Gasteiger partial charge in [-0.2, -0.15) is 0 Å². The summed E-state index contributed by atoms with van der Waals surface area (Å²) in [6.45, 7) is 0.282. The van der Waals surface area contributed by atoms with Gasteiger partial charge in [0.15, 0.2) is 6.29 Å². The average Bonchev–Trinajstić information content (AvgIpc) is 2.62. The van der Waals surface area contributed by atoms with Gasteiger partial charge in [0, 0.05) is 0 Å². The number of aliphatic hydroxyl groups is 3. The number of hydrogen-bond acceptors (Lipinski definition) is 6. The van der Waals surface area contributed by atoms with Crippen LogP contribution in [0.25, 0.3) is 0 Å². The Morgan fingerprint density at radius 3 is 2.79 bits per heavy atom. The molecule has 0 aromatic rings. The van der Waals surface area contributed by atoms with Gasteiger partial charge in [-0.3, -0.25) is 0 Å². The molecule has 0 radical (unpaired) electrons. The largest absolute Gasteiger partial charge is 0.394 e. The number of fused-ring (bicyclic) bond motifs is 2. The summed E-state index contributed by atoms with van der Waals surface area (Å²) >= 11 is 0. The first kappa shape index (κ1) is 10.3. The summed E-state index contributed by atoms with van der Waals surface area (Å²) in [6.07, 6.45) is -3.84. The highest BCUT2D eigenvalue weighted by molar-refractivity contribution is 4.93. The van der Waals surface area contributed by atoms with Crippen molar-refractivity contribution in [3.63, 3.8) is 0 Å². The molecule has 3 N–H and O–H groups in total. The quantitative estimate of drug-likeness (QED) is 0.487. The van der Waals surface area contributed by atoms with E-state index < -0.39 is 24.6 Å². The minimum absolute atomic E-state index is 0.110. The molecule has 0 aromatic carbocycles. The predicted octanol–water partition coefficient (Wildman–Crippen LogP) is -2.16. The molecule has 0 aliphatic carbocycles. The van der Waals surface area contributed by atoms with E-state index in [0.717, 1.165) is 0 Å². The second-order valence-electron chi connectivity index (χ2n) is 3.42. The molecular weight excluding hydrogens is 192 g/mol. The maximum Gasteiger partial charge on any atom is 0.186 e. The van der Waals surface area contributed by atoms with Gasteiger partial charge in [0.05, 0.1) is 19.8 Å². The molecule has 0 aromatic heterocycles. The van der Waals surface area contributed by atoms with Crippen molar-refractivity contribution in [2.45, 2.75) is 30.7 Å². The van der Waals surface area contributed by atoms with Gasteiger partial charge in [0.2, 0.25) is 0 Å². The number of rotatable bonds is 3. The van der Waals surface area contributed by atoms with Crippen LogP contribution < -0.4 is 0 Å². The fraction of sp³-hybridized carbons (Fsp3) is 1.00. The van der Waals surface area contributed by atoms with Crippen LogP contribution in [-0.2, 0) is 14.2 Å². The standard InChI is InChI=1S/C8H14O6/c9-1-2-12-7-4-3-13-8(14-4)6(11)5(7)10/h4-11H,1-3H2/t4-,5-,6-,7-,8-/m1/s1. The molecule has 2 aliphatic heterocycles. The van der Waals surface area contributed by atoms with Gasteiger partial charge >= 0.3 is 0 Å². The minimum Gasteiger partial charge on any atom is -0.394 e. The van der Waals surface area contributed by atoms with Crippen LogP contribution in [0.15, 0.2) is 0 Å². The zero-order valence-corrected chi connectivity index (χ0v) is 7.57. The van der Waals surface area contributed by atoms with Gasteiger partial charge < -0.3 is 29.5 Å². The lowest BCUT2D eigenvalue weighted by molar-refractivity contribution is -0.239. The highest BCUT2D eigenvalue weighted by atomic mass is 16.7. The van der Waals surface area contributed by atoms with E-state index in [9.17, 15) is 10.2 Å². The van der Waals surface area contributed by atoms with E-state index >= 15 is 0 Å². The van der Waals surface area contributed by atoms with Crippen LogP contribution >= 0.6 is 0 Å². The molecule has 2 rings (SSSR count). The van der Waals surface area contributed by atoms with E-state index in [1.54, 1.807) is 0 Å². The Kier molecular flexibility index (Phi) is 3.01. The number of hydrogen-bond donors (Lipinski definition) is 3. The van der Waals surface area contributed by atoms with Crippen molar-refractivity contribution in [1.29, 1.82) is 0 Å². The van der Waals surface area contributed by atoms with E-state index in [1.165, 1.54) is 0 Å². The predicted molar refractivity (Wildman–Crippen MR) is 43.5 cm³/mol. The van der Waals surface area contributed by atoms with Crippen molar-refractivity contribution in [3.8, 4) is 0 Å². The van der Waals surface area contributed by atoms with Crippen molar-refractivity contribution in [1.82, 2.24) is 0 Å². The normalized spacial score (nSPS) is 46.9. The first-order valence-corrected chi connectivity index (χ1v) is 4.59. The zero-order valence-electron chi connectivity index (χ0n) is 7.57. The fourth-order valence-corrected chi connectivity index (χ4v) is 1.76. The van der Waals surface area contributed by atoms with Gasteiger partial charge in [0.1, 0.15) is 24.4 Å². The highest BCUT2D eigenvalue weighted by Gasteiger charge is 2.50. The third kappa shape index (κ3) is 1.65. The summed E-state index contributed by atoms with van der Waals surface area (Å²) in [5, 5.41) is 27.7. The van der Waals surface area contributed by atoms with Crippen LogP contribution in [0.3, 0.4) is 0 Å². The van der Waals surface area contributed by atoms with Gasteiger partial charge in [-0.15, -0.1) is 0 Å². The molecule has 6 heteroatoms.